The molecular formula is C13H7N5OS. The molecule has 4 aromatic heterocycles. The minimum absolute atomic E-state index is 0.182. The summed E-state index contributed by atoms with van der Waals surface area (Å²) in [5, 5.41) is 0. The monoisotopic (exact) mass is 281 g/mol. The first-order valence-electron chi connectivity index (χ1n) is 5.87. The molecular weight excluding hydrogens is 274 g/mol. The van der Waals surface area contributed by atoms with Gasteiger partial charge in [-0.15, -0.1) is 11.3 Å². The minimum Gasteiger partial charge on any atom is -0.305 e. The molecule has 4 rings (SSSR count). The van der Waals surface area contributed by atoms with E-state index in [1.54, 1.807) is 30.9 Å². The zero-order valence-electron chi connectivity index (χ0n) is 10.1. The van der Waals surface area contributed by atoms with Gasteiger partial charge >= 0.3 is 0 Å². The van der Waals surface area contributed by atoms with E-state index in [4.69, 9.17) is 0 Å². The highest BCUT2D eigenvalue weighted by Crippen LogP contribution is 2.27. The van der Waals surface area contributed by atoms with Crippen molar-refractivity contribution in [1.29, 1.82) is 0 Å². The molecule has 0 fully saturated rings. The molecule has 0 bridgehead atoms. The van der Waals surface area contributed by atoms with Crippen molar-refractivity contribution in [2.75, 3.05) is 0 Å². The lowest BCUT2D eigenvalue weighted by Gasteiger charge is -1.99. The van der Waals surface area contributed by atoms with Crippen LogP contribution in [0.2, 0.25) is 0 Å². The quantitative estimate of drug-likeness (QED) is 0.576. The van der Waals surface area contributed by atoms with Crippen LogP contribution in [0.1, 0.15) is 0 Å². The van der Waals surface area contributed by atoms with Crippen molar-refractivity contribution in [2.24, 2.45) is 0 Å². The molecule has 1 N–H and O–H groups in total. The molecule has 4 heterocycles. The van der Waals surface area contributed by atoms with Crippen LogP contribution in [0, 0.1) is 0 Å². The summed E-state index contributed by atoms with van der Waals surface area (Å²) >= 11 is 1.30. The van der Waals surface area contributed by atoms with Crippen LogP contribution in [0.5, 0.6) is 0 Å². The lowest BCUT2D eigenvalue weighted by Crippen LogP contribution is -2.07. The number of H-pyrrole nitrogens is 1. The van der Waals surface area contributed by atoms with E-state index in [-0.39, 0.29) is 5.56 Å². The van der Waals surface area contributed by atoms with E-state index in [9.17, 15) is 4.79 Å². The van der Waals surface area contributed by atoms with Gasteiger partial charge in [-0.2, -0.15) is 0 Å². The van der Waals surface area contributed by atoms with Gasteiger partial charge in [-0.1, -0.05) is 0 Å². The Balaban J connectivity index is 2.11. The third-order valence-corrected chi connectivity index (χ3v) is 3.97. The van der Waals surface area contributed by atoms with Gasteiger partial charge in [-0.05, 0) is 12.1 Å². The summed E-state index contributed by atoms with van der Waals surface area (Å²) in [5.41, 5.74) is 1.82. The van der Waals surface area contributed by atoms with Crippen LogP contribution in [-0.2, 0) is 0 Å². The predicted molar refractivity (Wildman–Crippen MR) is 76.6 cm³/mol. The number of hydrogen-bond donors (Lipinski definition) is 1. The smallest absolute Gasteiger partial charge is 0.269 e. The van der Waals surface area contributed by atoms with E-state index in [2.05, 4.69) is 24.9 Å². The molecule has 0 amide bonds. The summed E-state index contributed by atoms with van der Waals surface area (Å²) in [6, 6.07) is 3.64. The second kappa shape index (κ2) is 4.17. The zero-order valence-corrected chi connectivity index (χ0v) is 10.9. The molecule has 96 valence electrons. The van der Waals surface area contributed by atoms with Crippen molar-refractivity contribution in [1.82, 2.24) is 24.9 Å². The predicted octanol–water partition coefficient (Wildman–Crippen LogP) is 1.99. The van der Waals surface area contributed by atoms with Gasteiger partial charge < -0.3 is 4.98 Å². The van der Waals surface area contributed by atoms with Crippen LogP contribution in [0.15, 0.2) is 41.7 Å². The van der Waals surface area contributed by atoms with Crippen molar-refractivity contribution in [3.63, 3.8) is 0 Å². The second-order valence-electron chi connectivity index (χ2n) is 4.15. The first-order chi connectivity index (χ1) is 9.83. The average molecular weight is 281 g/mol. The Kier molecular flexibility index (Phi) is 2.33. The number of rotatable bonds is 1. The molecule has 0 radical (unpaired) electrons. The summed E-state index contributed by atoms with van der Waals surface area (Å²) in [5.74, 6) is 0.487. The van der Waals surface area contributed by atoms with Crippen molar-refractivity contribution in [2.45, 2.75) is 0 Å². The number of hydrogen-bond acceptors (Lipinski definition) is 6. The highest BCUT2D eigenvalue weighted by molar-refractivity contribution is 7.25. The summed E-state index contributed by atoms with van der Waals surface area (Å²) in [6.45, 7) is 0. The molecule has 0 aliphatic carbocycles. The van der Waals surface area contributed by atoms with Gasteiger partial charge in [-0.25, -0.2) is 15.0 Å². The average Bonchev–Trinajstić information content (AvgIpc) is 2.88. The standard InChI is InChI=1S/C13H7N5OS/c19-12-10-8(9-13(20-10)16-5-4-15-9)17-11(18-12)7-2-1-3-14-6-7/h1-6H,(H,17,18,19). The second-order valence-corrected chi connectivity index (χ2v) is 5.15. The molecule has 0 unspecified atom stereocenters. The van der Waals surface area contributed by atoms with Crippen LogP contribution in [-0.4, -0.2) is 24.9 Å². The van der Waals surface area contributed by atoms with Crippen LogP contribution in [0.4, 0.5) is 0 Å². The Hall–Kier alpha value is -2.67. The molecule has 0 saturated carbocycles. The van der Waals surface area contributed by atoms with E-state index < -0.39 is 0 Å². The first kappa shape index (κ1) is 11.2. The number of thiophene rings is 1. The largest absolute Gasteiger partial charge is 0.305 e. The Morgan fingerprint density at radius 2 is 2.00 bits per heavy atom. The Morgan fingerprint density at radius 1 is 1.10 bits per heavy atom. The molecule has 0 saturated heterocycles. The van der Waals surface area contributed by atoms with Crippen LogP contribution < -0.4 is 5.56 Å². The van der Waals surface area contributed by atoms with E-state index in [1.807, 2.05) is 6.07 Å². The minimum atomic E-state index is -0.182. The van der Waals surface area contributed by atoms with Crippen LogP contribution >= 0.6 is 11.3 Å². The fourth-order valence-corrected chi connectivity index (χ4v) is 2.95. The highest BCUT2D eigenvalue weighted by Gasteiger charge is 2.13. The van der Waals surface area contributed by atoms with Gasteiger partial charge in [0.1, 0.15) is 26.4 Å². The maximum absolute atomic E-state index is 12.2. The molecule has 20 heavy (non-hydrogen) atoms. The van der Waals surface area contributed by atoms with Gasteiger partial charge in [0, 0.05) is 30.4 Å². The topological polar surface area (TPSA) is 84.4 Å². The lowest BCUT2D eigenvalue weighted by atomic mass is 10.2. The van der Waals surface area contributed by atoms with Gasteiger partial charge in [0.25, 0.3) is 5.56 Å². The SMILES string of the molecule is O=c1[nH]c(-c2cccnc2)nc2c1sc1nccnc12. The van der Waals surface area contributed by atoms with Crippen molar-refractivity contribution in [3.8, 4) is 11.4 Å². The summed E-state index contributed by atoms with van der Waals surface area (Å²) in [4.78, 5) is 32.7. The Labute approximate surface area is 116 Å². The molecule has 0 aliphatic heterocycles. The third kappa shape index (κ3) is 1.60. The summed E-state index contributed by atoms with van der Waals surface area (Å²) in [6.07, 6.45) is 6.53. The summed E-state index contributed by atoms with van der Waals surface area (Å²) < 4.78 is 0.541. The molecule has 0 aliphatic rings. The number of pyridine rings is 1. The van der Waals surface area contributed by atoms with Gasteiger partial charge in [-0.3, -0.25) is 9.78 Å². The molecule has 0 aromatic carbocycles. The Morgan fingerprint density at radius 3 is 2.85 bits per heavy atom. The van der Waals surface area contributed by atoms with Crippen molar-refractivity contribution in [3.05, 3.63) is 47.3 Å². The van der Waals surface area contributed by atoms with Gasteiger partial charge in [0.15, 0.2) is 0 Å². The van der Waals surface area contributed by atoms with Crippen molar-refractivity contribution >= 4 is 31.9 Å². The van der Waals surface area contributed by atoms with Crippen LogP contribution in [0.3, 0.4) is 0 Å². The number of aromatic nitrogens is 5. The van der Waals surface area contributed by atoms with E-state index in [0.29, 0.717) is 26.4 Å². The number of fused-ring (bicyclic) bond motifs is 3. The molecule has 7 heteroatoms. The van der Waals surface area contributed by atoms with E-state index in [0.717, 1.165) is 5.56 Å². The number of nitrogens with zero attached hydrogens (tertiary/aromatic N) is 4. The maximum Gasteiger partial charge on any atom is 0.269 e. The van der Waals surface area contributed by atoms with Gasteiger partial charge in [0.2, 0.25) is 0 Å². The zero-order chi connectivity index (χ0) is 13.5. The fraction of sp³-hybridized carbons (Fsp3) is 0. The molecule has 0 atom stereocenters. The van der Waals surface area contributed by atoms with Gasteiger partial charge in [0.05, 0.1) is 0 Å². The summed E-state index contributed by atoms with van der Waals surface area (Å²) in [7, 11) is 0. The first-order valence-corrected chi connectivity index (χ1v) is 6.68. The third-order valence-electron chi connectivity index (χ3n) is 2.90. The number of aromatic amines is 1. The van der Waals surface area contributed by atoms with E-state index >= 15 is 0 Å². The fourth-order valence-electron chi connectivity index (χ4n) is 2.02. The molecule has 4 aromatic rings. The maximum atomic E-state index is 12.2. The highest BCUT2D eigenvalue weighted by atomic mass is 32.1. The van der Waals surface area contributed by atoms with Crippen LogP contribution in [0.25, 0.3) is 32.0 Å². The molecule has 0 spiro atoms. The lowest BCUT2D eigenvalue weighted by molar-refractivity contribution is 1.17. The number of nitrogens with one attached hydrogen (secondary N) is 1. The van der Waals surface area contributed by atoms with E-state index in [1.165, 1.54) is 11.3 Å². The van der Waals surface area contributed by atoms with Crippen molar-refractivity contribution < 1.29 is 0 Å². The normalized spacial score (nSPS) is 11.2. The Bertz CT molecular complexity index is 976. The molecule has 6 nitrogen and oxygen atoms in total.